The van der Waals surface area contributed by atoms with Gasteiger partial charge in [-0.05, 0) is 29.9 Å². The van der Waals surface area contributed by atoms with Crippen LogP contribution in [0.4, 0.5) is 5.95 Å². The fourth-order valence-corrected chi connectivity index (χ4v) is 2.42. The summed E-state index contributed by atoms with van der Waals surface area (Å²) in [5.41, 5.74) is 0.716. The molecule has 1 aromatic carbocycles. The van der Waals surface area contributed by atoms with Crippen molar-refractivity contribution < 1.29 is 12.9 Å². The zero-order chi connectivity index (χ0) is 16.4. The SMILES string of the molecule is CNS(=O)(=O)c1ccc(CNc2noc(C(C)(C)C)n2)cc1. The third-order valence-corrected chi connectivity index (χ3v) is 4.45. The zero-order valence-electron chi connectivity index (χ0n) is 13.0. The Morgan fingerprint density at radius 1 is 1.18 bits per heavy atom. The monoisotopic (exact) mass is 324 g/mol. The summed E-state index contributed by atoms with van der Waals surface area (Å²) in [7, 11) is -2.02. The number of aromatic nitrogens is 2. The number of hydrogen-bond donors (Lipinski definition) is 2. The van der Waals surface area contributed by atoms with Crippen molar-refractivity contribution in [2.45, 2.75) is 37.6 Å². The minimum Gasteiger partial charge on any atom is -0.348 e. The van der Waals surface area contributed by atoms with Crippen molar-refractivity contribution in [2.75, 3.05) is 12.4 Å². The van der Waals surface area contributed by atoms with Crippen LogP contribution in [-0.2, 0) is 22.0 Å². The third kappa shape index (κ3) is 3.83. The molecule has 0 atom stereocenters. The second-order valence-corrected chi connectivity index (χ2v) is 7.76. The maximum Gasteiger partial charge on any atom is 0.263 e. The number of hydrogen-bond acceptors (Lipinski definition) is 6. The molecule has 0 spiro atoms. The summed E-state index contributed by atoms with van der Waals surface area (Å²) in [6.45, 7) is 6.45. The van der Waals surface area contributed by atoms with Crippen LogP contribution in [0.3, 0.4) is 0 Å². The first-order chi connectivity index (χ1) is 10.2. The second-order valence-electron chi connectivity index (χ2n) is 5.88. The van der Waals surface area contributed by atoms with Gasteiger partial charge in [-0.25, -0.2) is 13.1 Å². The number of sulfonamides is 1. The molecule has 1 heterocycles. The number of nitrogens with zero attached hydrogens (tertiary/aromatic N) is 2. The quantitative estimate of drug-likeness (QED) is 0.871. The van der Waals surface area contributed by atoms with Crippen LogP contribution in [0.25, 0.3) is 0 Å². The Hall–Kier alpha value is -1.93. The summed E-state index contributed by atoms with van der Waals surface area (Å²) in [6.07, 6.45) is 0. The highest BCUT2D eigenvalue weighted by Crippen LogP contribution is 2.21. The molecule has 0 amide bonds. The Bertz CT molecular complexity index is 730. The standard InChI is InChI=1S/C14H20N4O3S/c1-14(2,3)12-17-13(18-21-12)16-9-10-5-7-11(8-6-10)22(19,20)15-4/h5-8,15H,9H2,1-4H3,(H,16,18). The van der Waals surface area contributed by atoms with E-state index in [-0.39, 0.29) is 10.3 Å². The molecular weight excluding hydrogens is 304 g/mol. The predicted molar refractivity (Wildman–Crippen MR) is 83.0 cm³/mol. The molecule has 0 saturated carbocycles. The molecule has 0 fully saturated rings. The summed E-state index contributed by atoms with van der Waals surface area (Å²) in [6, 6.07) is 6.59. The number of rotatable bonds is 5. The number of nitrogens with one attached hydrogen (secondary N) is 2. The first-order valence-corrected chi connectivity index (χ1v) is 8.31. The summed E-state index contributed by atoms with van der Waals surface area (Å²) < 4.78 is 30.7. The van der Waals surface area contributed by atoms with E-state index in [0.29, 0.717) is 18.4 Å². The van der Waals surface area contributed by atoms with E-state index < -0.39 is 10.0 Å². The Kier molecular flexibility index (Phi) is 4.52. The molecule has 7 nitrogen and oxygen atoms in total. The van der Waals surface area contributed by atoms with Crippen LogP contribution >= 0.6 is 0 Å². The van der Waals surface area contributed by atoms with E-state index in [4.69, 9.17) is 4.52 Å². The van der Waals surface area contributed by atoms with Gasteiger partial charge in [0, 0.05) is 12.0 Å². The largest absolute Gasteiger partial charge is 0.348 e. The topological polar surface area (TPSA) is 97.1 Å². The van der Waals surface area contributed by atoms with Gasteiger partial charge in [0.25, 0.3) is 5.95 Å². The van der Waals surface area contributed by atoms with Crippen LogP contribution in [-0.4, -0.2) is 25.6 Å². The molecule has 0 unspecified atom stereocenters. The van der Waals surface area contributed by atoms with Gasteiger partial charge in [-0.3, -0.25) is 0 Å². The average Bonchev–Trinajstić information content (AvgIpc) is 2.94. The van der Waals surface area contributed by atoms with Gasteiger partial charge in [-0.15, -0.1) is 0 Å². The summed E-state index contributed by atoms with van der Waals surface area (Å²) in [5, 5.41) is 6.91. The smallest absolute Gasteiger partial charge is 0.263 e. The minimum absolute atomic E-state index is 0.198. The highest BCUT2D eigenvalue weighted by atomic mass is 32.2. The van der Waals surface area contributed by atoms with Crippen molar-refractivity contribution >= 4 is 16.0 Å². The van der Waals surface area contributed by atoms with Crippen molar-refractivity contribution in [2.24, 2.45) is 0 Å². The molecule has 2 N–H and O–H groups in total. The molecule has 2 rings (SSSR count). The normalized spacial score (nSPS) is 12.4. The molecule has 0 aliphatic rings. The first-order valence-electron chi connectivity index (χ1n) is 6.83. The lowest BCUT2D eigenvalue weighted by Crippen LogP contribution is -2.18. The highest BCUT2D eigenvalue weighted by molar-refractivity contribution is 7.89. The van der Waals surface area contributed by atoms with Gasteiger partial charge in [-0.1, -0.05) is 32.9 Å². The van der Waals surface area contributed by atoms with Crippen molar-refractivity contribution in [3.05, 3.63) is 35.7 Å². The Morgan fingerprint density at radius 2 is 1.82 bits per heavy atom. The fourth-order valence-electron chi connectivity index (χ4n) is 1.69. The molecule has 0 bridgehead atoms. The number of benzene rings is 1. The molecule has 120 valence electrons. The fraction of sp³-hybridized carbons (Fsp3) is 0.429. The Balaban J connectivity index is 2.02. The van der Waals surface area contributed by atoms with Gasteiger partial charge in [0.05, 0.1) is 4.90 Å². The molecule has 0 aliphatic carbocycles. The van der Waals surface area contributed by atoms with Gasteiger partial charge in [0.15, 0.2) is 0 Å². The first kappa shape index (κ1) is 16.4. The van der Waals surface area contributed by atoms with E-state index in [9.17, 15) is 8.42 Å². The van der Waals surface area contributed by atoms with E-state index in [2.05, 4.69) is 20.2 Å². The lowest BCUT2D eigenvalue weighted by Gasteiger charge is -2.10. The number of anilines is 1. The van der Waals surface area contributed by atoms with Crippen LogP contribution < -0.4 is 10.0 Å². The molecule has 1 aromatic heterocycles. The Labute approximate surface area is 130 Å². The van der Waals surface area contributed by atoms with E-state index in [0.717, 1.165) is 5.56 Å². The van der Waals surface area contributed by atoms with E-state index in [1.54, 1.807) is 24.3 Å². The molecule has 8 heteroatoms. The lowest BCUT2D eigenvalue weighted by atomic mass is 9.97. The maximum absolute atomic E-state index is 11.6. The van der Waals surface area contributed by atoms with E-state index in [1.807, 2.05) is 20.8 Å². The van der Waals surface area contributed by atoms with E-state index >= 15 is 0 Å². The molecule has 22 heavy (non-hydrogen) atoms. The van der Waals surface area contributed by atoms with Crippen molar-refractivity contribution in [1.82, 2.24) is 14.9 Å². The van der Waals surface area contributed by atoms with Crippen molar-refractivity contribution in [3.63, 3.8) is 0 Å². The van der Waals surface area contributed by atoms with Crippen molar-refractivity contribution in [3.8, 4) is 0 Å². The van der Waals surface area contributed by atoms with Crippen LogP contribution in [0.1, 0.15) is 32.2 Å². The third-order valence-electron chi connectivity index (χ3n) is 3.02. The van der Waals surface area contributed by atoms with Crippen LogP contribution in [0.2, 0.25) is 0 Å². The van der Waals surface area contributed by atoms with Crippen LogP contribution in [0, 0.1) is 0 Å². The maximum atomic E-state index is 11.6. The van der Waals surface area contributed by atoms with Gasteiger partial charge in [0.2, 0.25) is 15.9 Å². The average molecular weight is 324 g/mol. The van der Waals surface area contributed by atoms with Crippen LogP contribution in [0.5, 0.6) is 0 Å². The lowest BCUT2D eigenvalue weighted by molar-refractivity contribution is 0.321. The summed E-state index contributed by atoms with van der Waals surface area (Å²) in [4.78, 5) is 4.50. The molecule has 2 aromatic rings. The van der Waals surface area contributed by atoms with Gasteiger partial charge >= 0.3 is 0 Å². The molecule has 0 saturated heterocycles. The highest BCUT2D eigenvalue weighted by Gasteiger charge is 2.21. The van der Waals surface area contributed by atoms with Gasteiger partial charge < -0.3 is 9.84 Å². The van der Waals surface area contributed by atoms with Gasteiger partial charge in [-0.2, -0.15) is 4.98 Å². The van der Waals surface area contributed by atoms with Crippen LogP contribution in [0.15, 0.2) is 33.7 Å². The second kappa shape index (κ2) is 6.05. The van der Waals surface area contributed by atoms with E-state index in [1.165, 1.54) is 7.05 Å². The predicted octanol–water partition coefficient (Wildman–Crippen LogP) is 1.89. The molecule has 0 aliphatic heterocycles. The molecule has 0 radical (unpaired) electrons. The summed E-state index contributed by atoms with van der Waals surface area (Å²) >= 11 is 0. The summed E-state index contributed by atoms with van der Waals surface area (Å²) in [5.74, 6) is 0.974. The van der Waals surface area contributed by atoms with Gasteiger partial charge in [0.1, 0.15) is 0 Å². The van der Waals surface area contributed by atoms with Crippen molar-refractivity contribution in [1.29, 1.82) is 0 Å². The minimum atomic E-state index is -3.41. The zero-order valence-corrected chi connectivity index (χ0v) is 13.9. The Morgan fingerprint density at radius 3 is 2.32 bits per heavy atom. The molecular formula is C14H20N4O3S.